The molecule has 0 unspecified atom stereocenters. The zero-order valence-corrected chi connectivity index (χ0v) is 15.8. The van der Waals surface area contributed by atoms with Crippen molar-refractivity contribution in [2.45, 2.75) is 13.8 Å². The van der Waals surface area contributed by atoms with E-state index in [0.717, 1.165) is 52.0 Å². The molecule has 2 aromatic heterocycles. The molecule has 2 heterocycles. The molecule has 0 saturated heterocycles. The van der Waals surface area contributed by atoms with Gasteiger partial charge < -0.3 is 4.90 Å². The van der Waals surface area contributed by atoms with E-state index in [4.69, 9.17) is 9.97 Å². The van der Waals surface area contributed by atoms with Crippen LogP contribution in [0.25, 0.3) is 33.1 Å². The number of nitro groups is 1. The standard InChI is InChI=1S/C22H20N4O2/c1-3-25(4-2)20-14-13-18-21(15-9-11-16(12-10-15)26(27)28)23-19-8-6-5-7-17(19)22(18)24-20/h5-14H,3-4H2,1-2H3. The van der Waals surface area contributed by atoms with E-state index >= 15 is 0 Å². The maximum Gasteiger partial charge on any atom is 0.269 e. The van der Waals surface area contributed by atoms with Gasteiger partial charge in [0, 0.05) is 41.6 Å². The molecule has 6 heteroatoms. The maximum absolute atomic E-state index is 11.0. The number of aromatic nitrogens is 2. The monoisotopic (exact) mass is 372 g/mol. The Balaban J connectivity index is 1.99. The van der Waals surface area contributed by atoms with E-state index < -0.39 is 4.92 Å². The van der Waals surface area contributed by atoms with E-state index in [0.29, 0.717) is 0 Å². The van der Waals surface area contributed by atoms with E-state index in [9.17, 15) is 10.1 Å². The summed E-state index contributed by atoms with van der Waals surface area (Å²) in [6.45, 7) is 5.99. The molecule has 4 rings (SSSR count). The summed E-state index contributed by atoms with van der Waals surface area (Å²) < 4.78 is 0. The van der Waals surface area contributed by atoms with Crippen LogP contribution in [0.5, 0.6) is 0 Å². The zero-order chi connectivity index (χ0) is 19.7. The molecule has 0 aliphatic heterocycles. The molecule has 0 radical (unpaired) electrons. The number of benzene rings is 2. The molecule has 0 aliphatic rings. The summed E-state index contributed by atoms with van der Waals surface area (Å²) in [5.41, 5.74) is 3.42. The van der Waals surface area contributed by atoms with Crippen LogP contribution in [0.3, 0.4) is 0 Å². The highest BCUT2D eigenvalue weighted by Crippen LogP contribution is 2.33. The molecular formula is C22H20N4O2. The fourth-order valence-corrected chi connectivity index (χ4v) is 3.48. The lowest BCUT2D eigenvalue weighted by molar-refractivity contribution is -0.384. The van der Waals surface area contributed by atoms with Gasteiger partial charge in [-0.3, -0.25) is 10.1 Å². The Bertz CT molecular complexity index is 1170. The molecule has 140 valence electrons. The Morgan fingerprint density at radius 2 is 1.61 bits per heavy atom. The molecule has 0 N–H and O–H groups in total. The Kier molecular flexibility index (Phi) is 4.61. The molecule has 28 heavy (non-hydrogen) atoms. The average Bonchev–Trinajstić information content (AvgIpc) is 2.74. The highest BCUT2D eigenvalue weighted by atomic mass is 16.6. The second-order valence-corrected chi connectivity index (χ2v) is 6.52. The predicted molar refractivity (Wildman–Crippen MR) is 113 cm³/mol. The summed E-state index contributed by atoms with van der Waals surface area (Å²) in [4.78, 5) is 22.6. The molecular weight excluding hydrogens is 352 g/mol. The normalized spacial score (nSPS) is 11.1. The van der Waals surface area contributed by atoms with Gasteiger partial charge >= 0.3 is 0 Å². The van der Waals surface area contributed by atoms with E-state index in [1.54, 1.807) is 12.1 Å². The van der Waals surface area contributed by atoms with Crippen molar-refractivity contribution < 1.29 is 4.92 Å². The van der Waals surface area contributed by atoms with Crippen LogP contribution in [0, 0.1) is 10.1 Å². The highest BCUT2D eigenvalue weighted by molar-refractivity contribution is 6.09. The Morgan fingerprint density at radius 3 is 2.29 bits per heavy atom. The highest BCUT2D eigenvalue weighted by Gasteiger charge is 2.14. The van der Waals surface area contributed by atoms with Gasteiger partial charge in [-0.15, -0.1) is 0 Å². The molecule has 0 saturated carbocycles. The van der Waals surface area contributed by atoms with Crippen LogP contribution in [-0.2, 0) is 0 Å². The summed E-state index contributed by atoms with van der Waals surface area (Å²) in [5.74, 6) is 0.934. The van der Waals surface area contributed by atoms with Crippen molar-refractivity contribution in [3.8, 4) is 11.3 Å². The number of non-ortho nitro benzene ring substituents is 1. The Hall–Kier alpha value is -3.54. The van der Waals surface area contributed by atoms with Crippen molar-refractivity contribution in [1.29, 1.82) is 0 Å². The molecule has 6 nitrogen and oxygen atoms in total. The number of pyridine rings is 2. The first-order valence-electron chi connectivity index (χ1n) is 9.31. The first kappa shape index (κ1) is 17.9. The number of rotatable bonds is 5. The van der Waals surface area contributed by atoms with Gasteiger partial charge in [0.15, 0.2) is 0 Å². The smallest absolute Gasteiger partial charge is 0.269 e. The minimum Gasteiger partial charge on any atom is -0.357 e. The molecule has 4 aromatic rings. The fourth-order valence-electron chi connectivity index (χ4n) is 3.48. The van der Waals surface area contributed by atoms with Crippen molar-refractivity contribution in [3.05, 3.63) is 70.8 Å². The fraction of sp³-hybridized carbons (Fsp3) is 0.182. The second-order valence-electron chi connectivity index (χ2n) is 6.52. The van der Waals surface area contributed by atoms with Gasteiger partial charge in [-0.2, -0.15) is 0 Å². The van der Waals surface area contributed by atoms with Crippen LogP contribution in [-0.4, -0.2) is 28.0 Å². The average molecular weight is 372 g/mol. The summed E-state index contributed by atoms with van der Waals surface area (Å²) in [6, 6.07) is 18.5. The van der Waals surface area contributed by atoms with Crippen molar-refractivity contribution in [1.82, 2.24) is 9.97 Å². The summed E-state index contributed by atoms with van der Waals surface area (Å²) >= 11 is 0. The third-order valence-electron chi connectivity index (χ3n) is 4.97. The number of anilines is 1. The van der Waals surface area contributed by atoms with Gasteiger partial charge in [-0.1, -0.05) is 18.2 Å². The van der Waals surface area contributed by atoms with Gasteiger partial charge in [-0.25, -0.2) is 9.97 Å². The first-order chi connectivity index (χ1) is 13.6. The van der Waals surface area contributed by atoms with Crippen molar-refractivity contribution >= 4 is 33.3 Å². The van der Waals surface area contributed by atoms with Crippen LogP contribution in [0.2, 0.25) is 0 Å². The summed E-state index contributed by atoms with van der Waals surface area (Å²) in [7, 11) is 0. The number of nitro benzene ring substituents is 1. The SMILES string of the molecule is CCN(CC)c1ccc2c(-c3ccc([N+](=O)[O-])cc3)nc3ccccc3c2n1. The largest absolute Gasteiger partial charge is 0.357 e. The number of hydrogen-bond acceptors (Lipinski definition) is 5. The topological polar surface area (TPSA) is 72.2 Å². The van der Waals surface area contributed by atoms with E-state index in [1.807, 2.05) is 36.4 Å². The molecule has 0 atom stereocenters. The van der Waals surface area contributed by atoms with Crippen LogP contribution in [0.1, 0.15) is 13.8 Å². The number of nitrogens with zero attached hydrogens (tertiary/aromatic N) is 4. The number of para-hydroxylation sites is 1. The quantitative estimate of drug-likeness (QED) is 0.273. The maximum atomic E-state index is 11.0. The lowest BCUT2D eigenvalue weighted by atomic mass is 10.0. The molecule has 0 bridgehead atoms. The molecule has 0 fully saturated rings. The lowest BCUT2D eigenvalue weighted by Crippen LogP contribution is -2.22. The number of fused-ring (bicyclic) bond motifs is 3. The van der Waals surface area contributed by atoms with E-state index in [-0.39, 0.29) is 5.69 Å². The first-order valence-corrected chi connectivity index (χ1v) is 9.31. The minimum absolute atomic E-state index is 0.0655. The van der Waals surface area contributed by atoms with Crippen LogP contribution >= 0.6 is 0 Å². The minimum atomic E-state index is -0.395. The molecule has 0 aliphatic carbocycles. The number of hydrogen-bond donors (Lipinski definition) is 0. The third-order valence-corrected chi connectivity index (χ3v) is 4.97. The van der Waals surface area contributed by atoms with Gasteiger partial charge in [0.2, 0.25) is 0 Å². The Labute approximate surface area is 162 Å². The molecule has 0 spiro atoms. The van der Waals surface area contributed by atoms with Gasteiger partial charge in [-0.05, 0) is 44.2 Å². The van der Waals surface area contributed by atoms with Gasteiger partial charge in [0.05, 0.1) is 21.7 Å². The third kappa shape index (κ3) is 3.03. The molecule has 0 amide bonds. The second kappa shape index (κ2) is 7.23. The van der Waals surface area contributed by atoms with Gasteiger partial charge in [0.1, 0.15) is 5.82 Å². The van der Waals surface area contributed by atoms with Crippen LogP contribution in [0.4, 0.5) is 11.5 Å². The van der Waals surface area contributed by atoms with Crippen LogP contribution in [0.15, 0.2) is 60.7 Å². The summed E-state index contributed by atoms with van der Waals surface area (Å²) in [5, 5.41) is 12.9. The van der Waals surface area contributed by atoms with E-state index in [2.05, 4.69) is 18.7 Å². The lowest BCUT2D eigenvalue weighted by Gasteiger charge is -2.20. The summed E-state index contributed by atoms with van der Waals surface area (Å²) in [6.07, 6.45) is 0. The van der Waals surface area contributed by atoms with Crippen molar-refractivity contribution in [3.63, 3.8) is 0 Å². The Morgan fingerprint density at radius 1 is 0.893 bits per heavy atom. The van der Waals surface area contributed by atoms with Crippen molar-refractivity contribution in [2.24, 2.45) is 0 Å². The molecule has 2 aromatic carbocycles. The zero-order valence-electron chi connectivity index (χ0n) is 15.8. The van der Waals surface area contributed by atoms with Gasteiger partial charge in [0.25, 0.3) is 5.69 Å². The van der Waals surface area contributed by atoms with Crippen molar-refractivity contribution in [2.75, 3.05) is 18.0 Å². The van der Waals surface area contributed by atoms with Crippen LogP contribution < -0.4 is 4.90 Å². The predicted octanol–water partition coefficient (Wildman–Crippen LogP) is 5.20. The van der Waals surface area contributed by atoms with E-state index in [1.165, 1.54) is 12.1 Å².